The molecule has 148 valence electrons. The Bertz CT molecular complexity index is 913. The summed E-state index contributed by atoms with van der Waals surface area (Å²) in [5.41, 5.74) is 0.570. The molecule has 1 aromatic carbocycles. The van der Waals surface area contributed by atoms with E-state index in [1.54, 1.807) is 18.3 Å². The van der Waals surface area contributed by atoms with Gasteiger partial charge in [-0.25, -0.2) is 0 Å². The number of rotatable bonds is 5. The summed E-state index contributed by atoms with van der Waals surface area (Å²) in [6.45, 7) is -1.73. The summed E-state index contributed by atoms with van der Waals surface area (Å²) in [6, 6.07) is 7.48. The van der Waals surface area contributed by atoms with Crippen LogP contribution in [0.3, 0.4) is 0 Å². The Kier molecular flexibility index (Phi) is 5.46. The second-order valence-corrected chi connectivity index (χ2v) is 6.82. The Morgan fingerprint density at radius 2 is 2.04 bits per heavy atom. The summed E-state index contributed by atoms with van der Waals surface area (Å²) in [5.74, 6) is -2.74. The second kappa shape index (κ2) is 7.67. The van der Waals surface area contributed by atoms with Crippen molar-refractivity contribution in [3.05, 3.63) is 52.8 Å². The molecule has 10 heteroatoms. The van der Waals surface area contributed by atoms with Gasteiger partial charge in [0.05, 0.1) is 17.3 Å². The molecule has 1 unspecified atom stereocenters. The van der Waals surface area contributed by atoms with Crippen LogP contribution in [-0.2, 0) is 9.59 Å². The van der Waals surface area contributed by atoms with Crippen molar-refractivity contribution in [3.8, 4) is 0 Å². The molecule has 0 bridgehead atoms. The standard InChI is InChI=1S/C18H15ClF3N3O3/c19-11-3-4-13(12(7-11)16(27)14-2-1-5-23-14)24-17(28)10-6-15(26)25(8-10)9-18(20,21)22/h1-5,7,10,23H,6,8-9H2,(H,24,28). The van der Waals surface area contributed by atoms with Crippen LogP contribution in [0.5, 0.6) is 0 Å². The van der Waals surface area contributed by atoms with Crippen molar-refractivity contribution in [3.63, 3.8) is 0 Å². The molecule has 3 rings (SSSR count). The molecule has 1 saturated heterocycles. The third-order valence-corrected chi connectivity index (χ3v) is 4.52. The molecule has 1 aliphatic rings. The number of carbonyl (C=O) groups excluding carboxylic acids is 3. The number of benzene rings is 1. The molecule has 0 saturated carbocycles. The Hall–Kier alpha value is -2.81. The highest BCUT2D eigenvalue weighted by atomic mass is 35.5. The number of nitrogens with one attached hydrogen (secondary N) is 2. The van der Waals surface area contributed by atoms with Gasteiger partial charge in [0.25, 0.3) is 0 Å². The fourth-order valence-electron chi connectivity index (χ4n) is 2.98. The first-order valence-corrected chi connectivity index (χ1v) is 8.65. The number of halogens is 4. The van der Waals surface area contributed by atoms with E-state index in [9.17, 15) is 27.6 Å². The summed E-state index contributed by atoms with van der Waals surface area (Å²) in [7, 11) is 0. The lowest BCUT2D eigenvalue weighted by Gasteiger charge is -2.18. The molecule has 28 heavy (non-hydrogen) atoms. The molecule has 0 spiro atoms. The maximum atomic E-state index is 12.6. The monoisotopic (exact) mass is 413 g/mol. The SMILES string of the molecule is O=C(c1ccc[nH]1)c1cc(Cl)ccc1NC(=O)C1CC(=O)N(CC(F)(F)F)C1. The minimum Gasteiger partial charge on any atom is -0.359 e. The number of alkyl halides is 3. The molecular formula is C18H15ClF3N3O3. The van der Waals surface area contributed by atoms with Gasteiger partial charge in [-0.3, -0.25) is 14.4 Å². The molecule has 1 aromatic heterocycles. The van der Waals surface area contributed by atoms with E-state index in [1.165, 1.54) is 18.2 Å². The first-order chi connectivity index (χ1) is 13.1. The summed E-state index contributed by atoms with van der Waals surface area (Å²) in [4.78, 5) is 40.2. The summed E-state index contributed by atoms with van der Waals surface area (Å²) >= 11 is 5.95. The fraction of sp³-hybridized carbons (Fsp3) is 0.278. The summed E-state index contributed by atoms with van der Waals surface area (Å²) in [5, 5.41) is 2.81. The highest BCUT2D eigenvalue weighted by molar-refractivity contribution is 6.31. The van der Waals surface area contributed by atoms with E-state index in [-0.39, 0.29) is 34.9 Å². The normalized spacial score (nSPS) is 17.1. The van der Waals surface area contributed by atoms with E-state index in [0.717, 1.165) is 0 Å². The number of ketones is 1. The lowest BCUT2D eigenvalue weighted by Crippen LogP contribution is -2.36. The lowest BCUT2D eigenvalue weighted by molar-refractivity contribution is -0.157. The van der Waals surface area contributed by atoms with Crippen LogP contribution in [0, 0.1) is 5.92 Å². The molecule has 2 heterocycles. The molecule has 2 N–H and O–H groups in total. The third kappa shape index (κ3) is 4.53. The van der Waals surface area contributed by atoms with Gasteiger partial charge in [-0.2, -0.15) is 13.2 Å². The average Bonchev–Trinajstić information content (AvgIpc) is 3.25. The zero-order valence-electron chi connectivity index (χ0n) is 14.3. The number of nitrogens with zero attached hydrogens (tertiary/aromatic N) is 1. The summed E-state index contributed by atoms with van der Waals surface area (Å²) in [6.07, 6.45) is -3.29. The Balaban J connectivity index is 1.76. The number of aromatic amines is 1. The van der Waals surface area contributed by atoms with Gasteiger partial charge in [0.15, 0.2) is 0 Å². The third-order valence-electron chi connectivity index (χ3n) is 4.28. The van der Waals surface area contributed by atoms with Gasteiger partial charge in [-0.1, -0.05) is 11.6 Å². The van der Waals surface area contributed by atoms with Crippen LogP contribution >= 0.6 is 11.6 Å². The van der Waals surface area contributed by atoms with Crippen molar-refractivity contribution in [2.75, 3.05) is 18.4 Å². The van der Waals surface area contributed by atoms with Gasteiger partial charge in [0, 0.05) is 29.7 Å². The van der Waals surface area contributed by atoms with E-state index < -0.39 is 36.2 Å². The zero-order valence-corrected chi connectivity index (χ0v) is 15.1. The number of aromatic nitrogens is 1. The van der Waals surface area contributed by atoms with Crippen molar-refractivity contribution in [1.82, 2.24) is 9.88 Å². The Morgan fingerprint density at radius 3 is 2.68 bits per heavy atom. The highest BCUT2D eigenvalue weighted by Crippen LogP contribution is 2.27. The van der Waals surface area contributed by atoms with Gasteiger partial charge in [0.2, 0.25) is 17.6 Å². The van der Waals surface area contributed by atoms with Crippen LogP contribution in [0.2, 0.25) is 5.02 Å². The zero-order chi connectivity index (χ0) is 20.5. The van der Waals surface area contributed by atoms with Crippen molar-refractivity contribution >= 4 is 34.9 Å². The number of likely N-dealkylation sites (tertiary alicyclic amines) is 1. The average molecular weight is 414 g/mol. The maximum Gasteiger partial charge on any atom is 0.406 e. The molecular weight excluding hydrogens is 399 g/mol. The van der Waals surface area contributed by atoms with Crippen LogP contribution in [0.25, 0.3) is 0 Å². The van der Waals surface area contributed by atoms with Crippen molar-refractivity contribution < 1.29 is 27.6 Å². The molecule has 1 fully saturated rings. The molecule has 1 atom stereocenters. The van der Waals surface area contributed by atoms with Crippen molar-refractivity contribution in [1.29, 1.82) is 0 Å². The van der Waals surface area contributed by atoms with E-state index >= 15 is 0 Å². The number of carbonyl (C=O) groups is 3. The van der Waals surface area contributed by atoms with Gasteiger partial charge in [-0.05, 0) is 30.3 Å². The van der Waals surface area contributed by atoms with Crippen LogP contribution in [0.1, 0.15) is 22.5 Å². The fourth-order valence-corrected chi connectivity index (χ4v) is 3.15. The van der Waals surface area contributed by atoms with Gasteiger partial charge in [0.1, 0.15) is 6.54 Å². The number of anilines is 1. The maximum absolute atomic E-state index is 12.6. The van der Waals surface area contributed by atoms with Crippen LogP contribution in [0.4, 0.5) is 18.9 Å². The minimum absolute atomic E-state index is 0.125. The minimum atomic E-state index is -4.53. The van der Waals surface area contributed by atoms with Crippen LogP contribution < -0.4 is 5.32 Å². The smallest absolute Gasteiger partial charge is 0.359 e. The largest absolute Gasteiger partial charge is 0.406 e. The lowest BCUT2D eigenvalue weighted by atomic mass is 10.0. The Labute approximate surface area is 162 Å². The first kappa shape index (κ1) is 19.9. The van der Waals surface area contributed by atoms with Crippen molar-refractivity contribution in [2.24, 2.45) is 5.92 Å². The predicted molar refractivity (Wildman–Crippen MR) is 95.0 cm³/mol. The molecule has 0 aliphatic carbocycles. The number of amides is 2. The van der Waals surface area contributed by atoms with Crippen molar-refractivity contribution in [2.45, 2.75) is 12.6 Å². The predicted octanol–water partition coefficient (Wildman–Crippen LogP) is 3.25. The number of hydrogen-bond donors (Lipinski definition) is 2. The van der Waals surface area contributed by atoms with E-state index in [4.69, 9.17) is 11.6 Å². The van der Waals surface area contributed by atoms with E-state index in [1.807, 2.05) is 0 Å². The van der Waals surface area contributed by atoms with Gasteiger partial charge in [-0.15, -0.1) is 0 Å². The summed E-state index contributed by atoms with van der Waals surface area (Å²) < 4.78 is 37.6. The second-order valence-electron chi connectivity index (χ2n) is 6.38. The molecule has 0 radical (unpaired) electrons. The molecule has 2 aromatic rings. The van der Waals surface area contributed by atoms with Crippen LogP contribution in [0.15, 0.2) is 36.5 Å². The molecule has 6 nitrogen and oxygen atoms in total. The number of hydrogen-bond acceptors (Lipinski definition) is 3. The topological polar surface area (TPSA) is 82.3 Å². The number of H-pyrrole nitrogens is 1. The quantitative estimate of drug-likeness (QED) is 0.738. The van der Waals surface area contributed by atoms with Crippen LogP contribution in [-0.4, -0.2) is 46.7 Å². The van der Waals surface area contributed by atoms with Gasteiger partial charge < -0.3 is 15.2 Å². The van der Waals surface area contributed by atoms with E-state index in [0.29, 0.717) is 4.90 Å². The molecule has 2 amide bonds. The highest BCUT2D eigenvalue weighted by Gasteiger charge is 2.40. The Morgan fingerprint density at radius 1 is 1.29 bits per heavy atom. The first-order valence-electron chi connectivity index (χ1n) is 8.27. The molecule has 1 aliphatic heterocycles. The van der Waals surface area contributed by atoms with E-state index in [2.05, 4.69) is 10.3 Å². The van der Waals surface area contributed by atoms with Gasteiger partial charge >= 0.3 is 6.18 Å².